The molecule has 0 aliphatic carbocycles. The third kappa shape index (κ3) is 3.64. The number of carbonyl (C=O) groups excluding carboxylic acids is 2. The van der Waals surface area contributed by atoms with E-state index in [0.717, 1.165) is 5.56 Å². The van der Waals surface area contributed by atoms with Gasteiger partial charge in [-0.05, 0) is 13.0 Å². The molecule has 2 amide bonds. The number of amides is 2. The fourth-order valence-corrected chi connectivity index (χ4v) is 3.10. The van der Waals surface area contributed by atoms with Crippen molar-refractivity contribution in [3.05, 3.63) is 29.8 Å². The van der Waals surface area contributed by atoms with E-state index in [0.29, 0.717) is 25.4 Å². The van der Waals surface area contributed by atoms with Crippen LogP contribution in [0.4, 0.5) is 0 Å². The lowest BCUT2D eigenvalue weighted by Gasteiger charge is -2.28. The summed E-state index contributed by atoms with van der Waals surface area (Å²) in [6, 6.07) is 7.25. The largest absolute Gasteiger partial charge is 0.496 e. The van der Waals surface area contributed by atoms with E-state index in [-0.39, 0.29) is 24.3 Å². The highest BCUT2D eigenvalue weighted by Crippen LogP contribution is 2.41. The second kappa shape index (κ2) is 7.97. The summed E-state index contributed by atoms with van der Waals surface area (Å²) in [5.74, 6) is 0.147. The summed E-state index contributed by atoms with van der Waals surface area (Å²) in [7, 11) is 3.18. The van der Waals surface area contributed by atoms with Crippen LogP contribution < -0.4 is 10.1 Å². The summed E-state index contributed by atoms with van der Waals surface area (Å²) in [6.07, 6.45) is 0.218. The van der Waals surface area contributed by atoms with Gasteiger partial charge >= 0.3 is 0 Å². The number of benzene rings is 1. The first-order valence-corrected chi connectivity index (χ1v) is 7.83. The predicted octanol–water partition coefficient (Wildman–Crippen LogP) is 1.37. The third-order valence-corrected chi connectivity index (χ3v) is 4.17. The summed E-state index contributed by atoms with van der Waals surface area (Å²) >= 11 is 0. The minimum absolute atomic E-state index is 0.00435. The molecule has 1 aromatic rings. The van der Waals surface area contributed by atoms with E-state index >= 15 is 0 Å². The smallest absolute Gasteiger partial charge is 0.226 e. The lowest BCUT2D eigenvalue weighted by atomic mass is 9.92. The molecule has 0 unspecified atom stereocenters. The molecule has 1 fully saturated rings. The maximum Gasteiger partial charge on any atom is 0.226 e. The lowest BCUT2D eigenvalue weighted by molar-refractivity contribution is -0.129. The zero-order chi connectivity index (χ0) is 16.8. The molecule has 0 bridgehead atoms. The highest BCUT2D eigenvalue weighted by atomic mass is 16.5. The van der Waals surface area contributed by atoms with Crippen LogP contribution in [0.5, 0.6) is 5.75 Å². The van der Waals surface area contributed by atoms with Crippen molar-refractivity contribution >= 4 is 11.8 Å². The maximum absolute atomic E-state index is 12.5. The van der Waals surface area contributed by atoms with Gasteiger partial charge in [0.15, 0.2) is 0 Å². The van der Waals surface area contributed by atoms with E-state index in [1.54, 1.807) is 19.1 Å². The van der Waals surface area contributed by atoms with Gasteiger partial charge in [0.05, 0.1) is 25.7 Å². The fraction of sp³-hybridized carbons (Fsp3) is 0.529. The Labute approximate surface area is 136 Å². The summed E-state index contributed by atoms with van der Waals surface area (Å²) in [5, 5.41) is 2.84. The van der Waals surface area contributed by atoms with Crippen molar-refractivity contribution in [1.29, 1.82) is 0 Å². The second-order valence-electron chi connectivity index (χ2n) is 5.46. The minimum atomic E-state index is -0.421. The first-order chi connectivity index (χ1) is 11.1. The van der Waals surface area contributed by atoms with Crippen LogP contribution in [0, 0.1) is 5.92 Å². The Kier molecular flexibility index (Phi) is 5.98. The molecular formula is C17H24N2O4. The van der Waals surface area contributed by atoms with Crippen LogP contribution in [0.1, 0.15) is 24.9 Å². The molecule has 6 heteroatoms. The first kappa shape index (κ1) is 17.3. The highest BCUT2D eigenvalue weighted by molar-refractivity contribution is 5.90. The Hall–Kier alpha value is -2.08. The molecule has 1 aliphatic heterocycles. The monoisotopic (exact) mass is 320 g/mol. The Morgan fingerprint density at radius 1 is 1.35 bits per heavy atom. The van der Waals surface area contributed by atoms with Crippen LogP contribution in [0.3, 0.4) is 0 Å². The van der Waals surface area contributed by atoms with Crippen molar-refractivity contribution < 1.29 is 19.1 Å². The van der Waals surface area contributed by atoms with E-state index in [9.17, 15) is 9.59 Å². The molecular weight excluding hydrogens is 296 g/mol. The summed E-state index contributed by atoms with van der Waals surface area (Å²) < 4.78 is 10.4. The van der Waals surface area contributed by atoms with Crippen molar-refractivity contribution in [2.75, 3.05) is 33.9 Å². The molecule has 23 heavy (non-hydrogen) atoms. The maximum atomic E-state index is 12.5. The Balaban J connectivity index is 2.29. The third-order valence-electron chi connectivity index (χ3n) is 4.17. The van der Waals surface area contributed by atoms with Gasteiger partial charge in [-0.25, -0.2) is 0 Å². The van der Waals surface area contributed by atoms with Crippen molar-refractivity contribution in [1.82, 2.24) is 10.2 Å². The summed E-state index contributed by atoms with van der Waals surface area (Å²) in [5.41, 5.74) is 0.870. The topological polar surface area (TPSA) is 67.9 Å². The lowest BCUT2D eigenvalue weighted by Crippen LogP contribution is -2.37. The molecule has 1 saturated heterocycles. The van der Waals surface area contributed by atoms with Crippen LogP contribution in [0.25, 0.3) is 0 Å². The Morgan fingerprint density at radius 3 is 2.74 bits per heavy atom. The zero-order valence-electron chi connectivity index (χ0n) is 13.9. The van der Waals surface area contributed by atoms with Gasteiger partial charge < -0.3 is 19.7 Å². The number of nitrogens with one attached hydrogen (secondary N) is 1. The molecule has 126 valence electrons. The highest BCUT2D eigenvalue weighted by Gasteiger charge is 2.44. The molecule has 1 aliphatic rings. The number of ether oxygens (including phenoxy) is 2. The van der Waals surface area contributed by atoms with E-state index < -0.39 is 5.92 Å². The van der Waals surface area contributed by atoms with E-state index in [1.807, 2.05) is 31.2 Å². The van der Waals surface area contributed by atoms with Crippen molar-refractivity contribution in [3.8, 4) is 5.75 Å². The first-order valence-electron chi connectivity index (χ1n) is 7.83. The Morgan fingerprint density at radius 2 is 2.09 bits per heavy atom. The number of rotatable bonds is 7. The number of nitrogens with zero attached hydrogens (tertiary/aromatic N) is 1. The van der Waals surface area contributed by atoms with Crippen LogP contribution in [0.2, 0.25) is 0 Å². The van der Waals surface area contributed by atoms with Gasteiger partial charge in [-0.1, -0.05) is 18.2 Å². The average molecular weight is 320 g/mol. The van der Waals surface area contributed by atoms with Gasteiger partial charge in [0.2, 0.25) is 11.8 Å². The van der Waals surface area contributed by atoms with Crippen LogP contribution in [-0.2, 0) is 14.3 Å². The van der Waals surface area contributed by atoms with Crippen molar-refractivity contribution in [2.24, 2.45) is 5.92 Å². The summed E-state index contributed by atoms with van der Waals surface area (Å²) in [4.78, 5) is 26.6. The molecule has 1 aromatic carbocycles. The van der Waals surface area contributed by atoms with Gasteiger partial charge in [-0.15, -0.1) is 0 Å². The standard InChI is InChI=1S/C17H24N2O4/c1-4-19-15(20)11-13(17(21)18-9-10-22-2)16(19)12-7-5-6-8-14(12)23-3/h5-8,13,16H,4,9-11H2,1-3H3,(H,18,21)/t13-,16+/m1/s1. The van der Waals surface area contributed by atoms with E-state index in [2.05, 4.69) is 5.32 Å². The quantitative estimate of drug-likeness (QED) is 0.771. The van der Waals surface area contributed by atoms with Gasteiger partial charge in [-0.3, -0.25) is 9.59 Å². The zero-order valence-corrected chi connectivity index (χ0v) is 13.9. The molecule has 0 saturated carbocycles. The second-order valence-corrected chi connectivity index (χ2v) is 5.46. The van der Waals surface area contributed by atoms with Gasteiger partial charge in [0, 0.05) is 32.2 Å². The Bertz CT molecular complexity index is 561. The number of hydrogen-bond donors (Lipinski definition) is 1. The van der Waals surface area contributed by atoms with Crippen LogP contribution >= 0.6 is 0 Å². The van der Waals surface area contributed by atoms with Gasteiger partial charge in [0.1, 0.15) is 5.75 Å². The molecule has 1 heterocycles. The normalized spacial score (nSPS) is 20.7. The SMILES string of the molecule is CCN1C(=O)C[C@@H](C(=O)NCCOC)[C@@H]1c1ccccc1OC. The van der Waals surface area contributed by atoms with Crippen LogP contribution in [0.15, 0.2) is 24.3 Å². The molecule has 0 radical (unpaired) electrons. The molecule has 0 aromatic heterocycles. The number of methoxy groups -OCH3 is 2. The molecule has 2 atom stereocenters. The molecule has 2 rings (SSSR count). The van der Waals surface area contributed by atoms with Gasteiger partial charge in [0.25, 0.3) is 0 Å². The number of likely N-dealkylation sites (tertiary alicyclic amines) is 1. The van der Waals surface area contributed by atoms with Crippen molar-refractivity contribution in [2.45, 2.75) is 19.4 Å². The molecule has 0 spiro atoms. The molecule has 1 N–H and O–H groups in total. The van der Waals surface area contributed by atoms with Gasteiger partial charge in [-0.2, -0.15) is 0 Å². The number of hydrogen-bond acceptors (Lipinski definition) is 4. The molecule has 6 nitrogen and oxygen atoms in total. The predicted molar refractivity (Wildman–Crippen MR) is 86.1 cm³/mol. The van der Waals surface area contributed by atoms with E-state index in [4.69, 9.17) is 9.47 Å². The number of para-hydroxylation sites is 1. The van der Waals surface area contributed by atoms with Crippen LogP contribution in [-0.4, -0.2) is 50.6 Å². The average Bonchev–Trinajstić information content (AvgIpc) is 2.91. The van der Waals surface area contributed by atoms with E-state index in [1.165, 1.54) is 0 Å². The fourth-order valence-electron chi connectivity index (χ4n) is 3.10. The number of carbonyl (C=O) groups is 2. The van der Waals surface area contributed by atoms with Crippen molar-refractivity contribution in [3.63, 3.8) is 0 Å². The summed E-state index contributed by atoms with van der Waals surface area (Å²) in [6.45, 7) is 3.36. The minimum Gasteiger partial charge on any atom is -0.496 e.